The second-order valence-corrected chi connectivity index (χ2v) is 7.12. The molecule has 0 aliphatic heterocycles. The Morgan fingerprint density at radius 2 is 1.72 bits per heavy atom. The third-order valence-corrected chi connectivity index (χ3v) is 4.86. The monoisotopic (exact) mass is 390 g/mol. The first-order valence-electron chi connectivity index (χ1n) is 9.62. The Morgan fingerprint density at radius 3 is 2.45 bits per heavy atom. The molecule has 2 N–H and O–H groups in total. The second kappa shape index (κ2) is 9.19. The van der Waals surface area contributed by atoms with E-state index in [-0.39, 0.29) is 18.4 Å². The zero-order valence-corrected chi connectivity index (χ0v) is 17.0. The largest absolute Gasteiger partial charge is 0.350 e. The van der Waals surface area contributed by atoms with Gasteiger partial charge in [-0.25, -0.2) is 0 Å². The molecular formula is C23H26N4O2. The fourth-order valence-corrected chi connectivity index (χ4v) is 3.20. The Balaban J connectivity index is 1.54. The van der Waals surface area contributed by atoms with Crippen molar-refractivity contribution in [3.63, 3.8) is 0 Å². The summed E-state index contributed by atoms with van der Waals surface area (Å²) in [4.78, 5) is 24.3. The van der Waals surface area contributed by atoms with Gasteiger partial charge in [0.15, 0.2) is 0 Å². The number of rotatable bonds is 7. The maximum atomic E-state index is 12.2. The fourth-order valence-electron chi connectivity index (χ4n) is 3.20. The molecule has 0 bridgehead atoms. The number of hydrogen-bond donors (Lipinski definition) is 2. The highest BCUT2D eigenvalue weighted by Gasteiger charge is 2.13. The SMILES string of the molecule is Cc1cccc(C(=O)NCC(=O)NCc2c(C)nn(Cc3ccccc3)c2C)c1. The number of aryl methyl sites for hydroxylation is 2. The van der Waals surface area contributed by atoms with Gasteiger partial charge in [-0.15, -0.1) is 0 Å². The van der Waals surface area contributed by atoms with E-state index in [0.717, 1.165) is 22.5 Å². The van der Waals surface area contributed by atoms with Crippen LogP contribution in [0.2, 0.25) is 0 Å². The highest BCUT2D eigenvalue weighted by atomic mass is 16.2. The van der Waals surface area contributed by atoms with Crippen LogP contribution in [-0.4, -0.2) is 28.1 Å². The molecule has 3 aromatic rings. The van der Waals surface area contributed by atoms with Crippen LogP contribution in [-0.2, 0) is 17.9 Å². The third kappa shape index (κ3) is 5.31. The molecule has 0 saturated heterocycles. The van der Waals surface area contributed by atoms with Gasteiger partial charge in [0.05, 0.1) is 18.8 Å². The van der Waals surface area contributed by atoms with Gasteiger partial charge in [-0.3, -0.25) is 14.3 Å². The van der Waals surface area contributed by atoms with Crippen LogP contribution in [0.25, 0.3) is 0 Å². The number of nitrogens with zero attached hydrogens (tertiary/aromatic N) is 2. The molecule has 1 heterocycles. The lowest BCUT2D eigenvalue weighted by Gasteiger charge is -2.09. The van der Waals surface area contributed by atoms with Gasteiger partial charge in [0, 0.05) is 23.4 Å². The van der Waals surface area contributed by atoms with Gasteiger partial charge >= 0.3 is 0 Å². The summed E-state index contributed by atoms with van der Waals surface area (Å²) in [5, 5.41) is 10.1. The third-order valence-electron chi connectivity index (χ3n) is 4.86. The van der Waals surface area contributed by atoms with Crippen molar-refractivity contribution < 1.29 is 9.59 Å². The molecule has 0 saturated carbocycles. The van der Waals surface area contributed by atoms with Crippen molar-refractivity contribution in [3.05, 3.63) is 88.2 Å². The summed E-state index contributed by atoms with van der Waals surface area (Å²) in [7, 11) is 0. The molecule has 0 atom stereocenters. The molecule has 6 heteroatoms. The molecule has 1 aromatic heterocycles. The molecule has 0 spiro atoms. The van der Waals surface area contributed by atoms with E-state index in [1.807, 2.05) is 55.8 Å². The topological polar surface area (TPSA) is 76.0 Å². The van der Waals surface area contributed by atoms with Crippen molar-refractivity contribution in [1.29, 1.82) is 0 Å². The molecule has 0 fully saturated rings. The summed E-state index contributed by atoms with van der Waals surface area (Å²) in [5.41, 5.74) is 5.64. The first kappa shape index (κ1) is 20.3. The van der Waals surface area contributed by atoms with E-state index in [1.165, 1.54) is 5.56 Å². The first-order chi connectivity index (χ1) is 13.9. The maximum Gasteiger partial charge on any atom is 0.251 e. The Hall–Kier alpha value is -3.41. The van der Waals surface area contributed by atoms with E-state index >= 15 is 0 Å². The summed E-state index contributed by atoms with van der Waals surface area (Å²) in [6.07, 6.45) is 0. The van der Waals surface area contributed by atoms with Gasteiger partial charge in [0.25, 0.3) is 5.91 Å². The number of nitrogens with one attached hydrogen (secondary N) is 2. The van der Waals surface area contributed by atoms with Crippen LogP contribution in [0.5, 0.6) is 0 Å². The molecule has 6 nitrogen and oxygen atoms in total. The molecule has 0 aliphatic rings. The van der Waals surface area contributed by atoms with Crippen molar-refractivity contribution in [3.8, 4) is 0 Å². The zero-order chi connectivity index (χ0) is 20.8. The minimum Gasteiger partial charge on any atom is -0.350 e. The van der Waals surface area contributed by atoms with Crippen molar-refractivity contribution in [1.82, 2.24) is 20.4 Å². The van der Waals surface area contributed by atoms with Crippen molar-refractivity contribution in [2.24, 2.45) is 0 Å². The van der Waals surface area contributed by atoms with E-state index in [4.69, 9.17) is 0 Å². The predicted molar refractivity (Wildman–Crippen MR) is 113 cm³/mol. The summed E-state index contributed by atoms with van der Waals surface area (Å²) in [6.45, 7) is 6.87. The van der Waals surface area contributed by atoms with Gasteiger partial charge in [-0.1, -0.05) is 48.0 Å². The predicted octanol–water partition coefficient (Wildman–Crippen LogP) is 2.90. The van der Waals surface area contributed by atoms with Crippen LogP contribution < -0.4 is 10.6 Å². The summed E-state index contributed by atoms with van der Waals surface area (Å²) in [6, 6.07) is 17.4. The highest BCUT2D eigenvalue weighted by molar-refractivity contribution is 5.96. The number of amides is 2. The van der Waals surface area contributed by atoms with Crippen LogP contribution in [0.3, 0.4) is 0 Å². The number of carbonyl (C=O) groups excluding carboxylic acids is 2. The minimum absolute atomic E-state index is 0.0664. The molecule has 150 valence electrons. The average molecular weight is 390 g/mol. The summed E-state index contributed by atoms with van der Waals surface area (Å²) < 4.78 is 1.95. The van der Waals surface area contributed by atoms with Crippen LogP contribution >= 0.6 is 0 Å². The molecule has 29 heavy (non-hydrogen) atoms. The van der Waals surface area contributed by atoms with Crippen LogP contribution in [0.4, 0.5) is 0 Å². The Bertz CT molecular complexity index is 1010. The van der Waals surface area contributed by atoms with E-state index in [9.17, 15) is 9.59 Å². The zero-order valence-electron chi connectivity index (χ0n) is 17.0. The van der Waals surface area contributed by atoms with Crippen LogP contribution in [0.1, 0.15) is 38.4 Å². The van der Waals surface area contributed by atoms with E-state index in [2.05, 4.69) is 27.9 Å². The van der Waals surface area contributed by atoms with Gasteiger partial charge in [-0.05, 0) is 38.5 Å². The van der Waals surface area contributed by atoms with Crippen molar-refractivity contribution >= 4 is 11.8 Å². The van der Waals surface area contributed by atoms with Crippen LogP contribution in [0, 0.1) is 20.8 Å². The van der Waals surface area contributed by atoms with Crippen LogP contribution in [0.15, 0.2) is 54.6 Å². The summed E-state index contributed by atoms with van der Waals surface area (Å²) >= 11 is 0. The molecule has 0 aliphatic carbocycles. The smallest absolute Gasteiger partial charge is 0.251 e. The van der Waals surface area contributed by atoms with E-state index in [0.29, 0.717) is 18.7 Å². The number of benzene rings is 2. The van der Waals surface area contributed by atoms with Gasteiger partial charge in [0.2, 0.25) is 5.91 Å². The summed E-state index contributed by atoms with van der Waals surface area (Å²) in [5.74, 6) is -0.493. The Labute approximate surface area is 170 Å². The Morgan fingerprint density at radius 1 is 0.966 bits per heavy atom. The minimum atomic E-state index is -0.258. The highest BCUT2D eigenvalue weighted by Crippen LogP contribution is 2.14. The Kier molecular flexibility index (Phi) is 6.44. The quantitative estimate of drug-likeness (QED) is 0.651. The van der Waals surface area contributed by atoms with E-state index in [1.54, 1.807) is 12.1 Å². The maximum absolute atomic E-state index is 12.2. The lowest BCUT2D eigenvalue weighted by atomic mass is 10.1. The first-order valence-corrected chi connectivity index (χ1v) is 9.62. The van der Waals surface area contributed by atoms with Gasteiger partial charge < -0.3 is 10.6 Å². The number of hydrogen-bond acceptors (Lipinski definition) is 3. The van der Waals surface area contributed by atoms with Crippen molar-refractivity contribution in [2.45, 2.75) is 33.9 Å². The lowest BCUT2D eigenvalue weighted by molar-refractivity contribution is -0.120. The number of carbonyl (C=O) groups is 2. The van der Waals surface area contributed by atoms with Gasteiger partial charge in [0.1, 0.15) is 0 Å². The van der Waals surface area contributed by atoms with Gasteiger partial charge in [-0.2, -0.15) is 5.10 Å². The molecule has 2 amide bonds. The standard InChI is InChI=1S/C23H26N4O2/c1-16-8-7-11-20(12-16)23(29)25-14-22(28)24-13-21-17(2)26-27(18(21)3)15-19-9-5-4-6-10-19/h4-12H,13-15H2,1-3H3,(H,24,28)(H,25,29). The molecule has 3 rings (SSSR count). The molecule has 2 aromatic carbocycles. The average Bonchev–Trinajstić information content (AvgIpc) is 2.98. The normalized spacial score (nSPS) is 10.6. The molecular weight excluding hydrogens is 364 g/mol. The molecule has 0 radical (unpaired) electrons. The lowest BCUT2D eigenvalue weighted by Crippen LogP contribution is -2.36. The number of aromatic nitrogens is 2. The van der Waals surface area contributed by atoms with E-state index < -0.39 is 0 Å². The second-order valence-electron chi connectivity index (χ2n) is 7.12. The molecule has 0 unspecified atom stereocenters. The van der Waals surface area contributed by atoms with Crippen molar-refractivity contribution in [2.75, 3.05) is 6.54 Å². The fraction of sp³-hybridized carbons (Fsp3) is 0.261.